The molecule has 4 aromatic rings. The van der Waals surface area contributed by atoms with E-state index in [0.717, 1.165) is 90.8 Å². The van der Waals surface area contributed by atoms with E-state index < -0.39 is 0 Å². The molecule has 2 aromatic heterocycles. The summed E-state index contributed by atoms with van der Waals surface area (Å²) in [6, 6.07) is 14.8. The van der Waals surface area contributed by atoms with Gasteiger partial charge in [0.1, 0.15) is 5.82 Å². The molecule has 3 heterocycles. The first-order valence-electron chi connectivity index (χ1n) is 17.5. The Hall–Kier alpha value is -3.87. The molecule has 1 fully saturated rings. The quantitative estimate of drug-likeness (QED) is 0.133. The molecule has 1 aliphatic heterocycles. The van der Waals surface area contributed by atoms with Gasteiger partial charge < -0.3 is 9.47 Å². The highest BCUT2D eigenvalue weighted by molar-refractivity contribution is 6.30. The van der Waals surface area contributed by atoms with Crippen LogP contribution in [0.25, 0.3) is 16.6 Å². The van der Waals surface area contributed by atoms with Crippen molar-refractivity contribution < 1.29 is 0 Å². The minimum atomic E-state index is 0.634. The Labute approximate surface area is 295 Å². The summed E-state index contributed by atoms with van der Waals surface area (Å²) in [5.41, 5.74) is 9.40. The van der Waals surface area contributed by atoms with Crippen molar-refractivity contribution in [1.29, 1.82) is 0 Å². The van der Waals surface area contributed by atoms with Gasteiger partial charge in [-0.05, 0) is 126 Å². The molecule has 0 saturated carbocycles. The van der Waals surface area contributed by atoms with E-state index in [0.29, 0.717) is 5.92 Å². The predicted octanol–water partition coefficient (Wildman–Crippen LogP) is 10.1. The van der Waals surface area contributed by atoms with Crippen LogP contribution in [0.4, 0.5) is 0 Å². The minimum absolute atomic E-state index is 0.634. The van der Waals surface area contributed by atoms with Crippen molar-refractivity contribution >= 4 is 28.2 Å². The summed E-state index contributed by atoms with van der Waals surface area (Å²) in [6.07, 6.45) is 10.5. The van der Waals surface area contributed by atoms with Gasteiger partial charge in [0.2, 0.25) is 0 Å². The van der Waals surface area contributed by atoms with Crippen LogP contribution in [0.1, 0.15) is 75.7 Å². The molecule has 48 heavy (non-hydrogen) atoms. The lowest BCUT2D eigenvalue weighted by Crippen LogP contribution is -2.35. The molecule has 2 aromatic carbocycles. The van der Waals surface area contributed by atoms with Crippen molar-refractivity contribution in [2.24, 2.45) is 5.92 Å². The molecule has 0 bridgehead atoms. The maximum Gasteiger partial charge on any atom is 0.124 e. The van der Waals surface area contributed by atoms with Crippen molar-refractivity contribution in [2.45, 2.75) is 86.9 Å². The van der Waals surface area contributed by atoms with E-state index in [1.54, 1.807) is 0 Å². The number of benzene rings is 2. The second-order valence-corrected chi connectivity index (χ2v) is 12.6. The highest BCUT2D eigenvalue weighted by Gasteiger charge is 2.23. The third-order valence-electron chi connectivity index (χ3n) is 9.07. The Kier molecular flexibility index (Phi) is 15.4. The molecule has 1 aliphatic rings. The van der Waals surface area contributed by atoms with E-state index in [1.807, 2.05) is 32.2 Å². The second-order valence-electron chi connectivity index (χ2n) is 12.2. The van der Waals surface area contributed by atoms with Gasteiger partial charge in [0.05, 0.1) is 29.8 Å². The molecule has 0 atom stereocenters. The van der Waals surface area contributed by atoms with Crippen LogP contribution in [-0.2, 0) is 32.5 Å². The first-order valence-corrected chi connectivity index (χ1v) is 17.8. The van der Waals surface area contributed by atoms with E-state index in [4.69, 9.17) is 21.7 Å². The van der Waals surface area contributed by atoms with Gasteiger partial charge in [0.25, 0.3) is 0 Å². The smallest absolute Gasteiger partial charge is 0.124 e. The number of piperidine rings is 1. The van der Waals surface area contributed by atoms with Crippen molar-refractivity contribution in [3.63, 3.8) is 0 Å². The van der Waals surface area contributed by atoms with Crippen LogP contribution in [0, 0.1) is 12.8 Å². The van der Waals surface area contributed by atoms with E-state index in [2.05, 4.69) is 116 Å². The number of rotatable bonds is 13. The van der Waals surface area contributed by atoms with E-state index in [9.17, 15) is 0 Å². The molecule has 6 nitrogen and oxygen atoms in total. The van der Waals surface area contributed by atoms with Crippen molar-refractivity contribution in [3.8, 4) is 0 Å². The Morgan fingerprint density at radius 3 is 2.42 bits per heavy atom. The number of imidazole rings is 1. The largest absolute Gasteiger partial charge is 0.351 e. The fraction of sp³-hybridized carbons (Fsp3) is 0.415. The summed E-state index contributed by atoms with van der Waals surface area (Å²) in [5, 5.41) is 5.71. The van der Waals surface area contributed by atoms with Crippen molar-refractivity contribution in [3.05, 3.63) is 126 Å². The first-order chi connectivity index (χ1) is 23.3. The number of aromatic nitrogens is 4. The van der Waals surface area contributed by atoms with Crippen LogP contribution >= 0.6 is 11.6 Å². The normalized spacial score (nSPS) is 13.8. The van der Waals surface area contributed by atoms with Crippen LogP contribution in [0.2, 0.25) is 5.02 Å². The predicted molar refractivity (Wildman–Crippen MR) is 207 cm³/mol. The fourth-order valence-electron chi connectivity index (χ4n) is 6.33. The number of halogens is 1. The Morgan fingerprint density at radius 2 is 1.79 bits per heavy atom. The standard InChI is InChI=1S/C37H47ClN6.C2H6.C2H4/c1-7-34(42(8-2)9-3)25-44-36-23-31(27(4)5)12-15-35(36)39-37(44)26-41-19-16-29(17-20-41)24-43-21-18-33(40-43)14-11-30-10-13-32(38)22-28(30)6;2*1-2/h7-8,10,12-13,15,18,21-23,29H,2,4,9,11,14,16-17,19-20,24-26H2,1,3,5-6H3;1-2H3;1-2H2/b34-7-;;. The molecule has 0 unspecified atom stereocenters. The summed E-state index contributed by atoms with van der Waals surface area (Å²) < 4.78 is 4.55. The van der Waals surface area contributed by atoms with Crippen LogP contribution < -0.4 is 0 Å². The maximum atomic E-state index is 6.13. The summed E-state index contributed by atoms with van der Waals surface area (Å²) in [7, 11) is 0. The summed E-state index contributed by atoms with van der Waals surface area (Å²) >= 11 is 6.13. The zero-order valence-corrected chi connectivity index (χ0v) is 31.1. The molecule has 0 amide bonds. The summed E-state index contributed by atoms with van der Waals surface area (Å²) in [6.45, 7) is 32.3. The Balaban J connectivity index is 0.00000151. The molecule has 1 saturated heterocycles. The zero-order valence-electron chi connectivity index (χ0n) is 30.3. The van der Waals surface area contributed by atoms with Gasteiger partial charge in [0.15, 0.2) is 0 Å². The van der Waals surface area contributed by atoms with Crippen molar-refractivity contribution in [2.75, 3.05) is 19.6 Å². The highest BCUT2D eigenvalue weighted by Crippen LogP contribution is 2.26. The number of aryl methyl sites for hydroxylation is 3. The molecule has 7 heteroatoms. The lowest BCUT2D eigenvalue weighted by molar-refractivity contribution is 0.160. The third-order valence-corrected chi connectivity index (χ3v) is 9.31. The molecule has 0 spiro atoms. The molecule has 0 radical (unpaired) electrons. The number of fused-ring (bicyclic) bond motifs is 1. The Morgan fingerprint density at radius 1 is 1.06 bits per heavy atom. The lowest BCUT2D eigenvalue weighted by atomic mass is 9.97. The van der Waals surface area contributed by atoms with Gasteiger partial charge in [0, 0.05) is 30.0 Å². The topological polar surface area (TPSA) is 42.1 Å². The molecule has 0 N–H and O–H groups in total. The van der Waals surface area contributed by atoms with Crippen molar-refractivity contribution in [1.82, 2.24) is 29.1 Å². The van der Waals surface area contributed by atoms with E-state index in [1.165, 1.54) is 29.7 Å². The fourth-order valence-corrected chi connectivity index (χ4v) is 6.55. The molecule has 0 aliphatic carbocycles. The van der Waals surface area contributed by atoms with Crippen LogP contribution in [-0.4, -0.2) is 48.8 Å². The van der Waals surface area contributed by atoms with Gasteiger partial charge >= 0.3 is 0 Å². The number of likely N-dealkylation sites (tertiary alicyclic amines) is 1. The average Bonchev–Trinajstić information content (AvgIpc) is 3.70. The molecule has 5 rings (SSSR count). The number of nitrogens with zero attached hydrogens (tertiary/aromatic N) is 6. The van der Waals surface area contributed by atoms with Gasteiger partial charge in [-0.3, -0.25) is 9.58 Å². The molecular formula is C41H57ClN6. The SMILES string of the molecule is C=C.C=CN(CC)/C(=C\C)Cn1c(CN2CCC(Cn3ccc(CCc4ccc(Cl)cc4C)n3)CC2)nc2ccc(C(=C)C)cc21.CC. The van der Waals surface area contributed by atoms with Gasteiger partial charge in [-0.15, -0.1) is 13.2 Å². The van der Waals surface area contributed by atoms with Gasteiger partial charge in [-0.25, -0.2) is 4.98 Å². The first kappa shape index (κ1) is 38.6. The number of allylic oxidation sites excluding steroid dienone is 3. The summed E-state index contributed by atoms with van der Waals surface area (Å²) in [4.78, 5) is 9.92. The highest BCUT2D eigenvalue weighted by atomic mass is 35.5. The van der Waals surface area contributed by atoms with Gasteiger partial charge in [-0.1, -0.05) is 62.4 Å². The minimum Gasteiger partial charge on any atom is -0.351 e. The second kappa shape index (κ2) is 19.2. The average molecular weight is 669 g/mol. The van der Waals surface area contributed by atoms with Crippen LogP contribution in [0.3, 0.4) is 0 Å². The molecular weight excluding hydrogens is 612 g/mol. The van der Waals surface area contributed by atoms with E-state index in [-0.39, 0.29) is 0 Å². The number of likely N-dealkylation sites (N-methyl/N-ethyl adjacent to an activating group) is 1. The maximum absolute atomic E-state index is 6.13. The zero-order chi connectivity index (χ0) is 35.2. The third kappa shape index (κ3) is 10.1. The monoisotopic (exact) mass is 668 g/mol. The summed E-state index contributed by atoms with van der Waals surface area (Å²) in [5.74, 6) is 1.75. The van der Waals surface area contributed by atoms with E-state index >= 15 is 0 Å². The molecule has 258 valence electrons. The van der Waals surface area contributed by atoms with Crippen LogP contribution in [0.5, 0.6) is 0 Å². The van der Waals surface area contributed by atoms with Gasteiger partial charge in [-0.2, -0.15) is 5.10 Å². The number of hydrogen-bond donors (Lipinski definition) is 0. The lowest BCUT2D eigenvalue weighted by Gasteiger charge is -2.32. The van der Waals surface area contributed by atoms with Crippen LogP contribution in [0.15, 0.2) is 93.0 Å². The number of hydrogen-bond acceptors (Lipinski definition) is 4. The Bertz CT molecular complexity index is 1650.